The van der Waals surface area contributed by atoms with Crippen LogP contribution >= 0.6 is 0 Å². The van der Waals surface area contributed by atoms with E-state index in [0.29, 0.717) is 30.6 Å². The molecule has 0 saturated heterocycles. The summed E-state index contributed by atoms with van der Waals surface area (Å²) in [5.74, 6) is 0.309. The molecule has 0 heterocycles. The van der Waals surface area contributed by atoms with E-state index in [1.807, 2.05) is 0 Å². The van der Waals surface area contributed by atoms with Gasteiger partial charge in [-0.05, 0) is 43.1 Å². The Balaban J connectivity index is 1.72. The maximum atomic E-state index is 12.9. The van der Waals surface area contributed by atoms with E-state index >= 15 is 0 Å². The number of rotatable bonds is 1. The fourth-order valence-electron chi connectivity index (χ4n) is 6.50. The van der Waals surface area contributed by atoms with Gasteiger partial charge in [-0.1, -0.05) is 13.8 Å². The third-order valence-electron chi connectivity index (χ3n) is 7.82. The summed E-state index contributed by atoms with van der Waals surface area (Å²) in [6.45, 7) is 5.43. The van der Waals surface area contributed by atoms with Crippen molar-refractivity contribution in [1.29, 1.82) is 0 Å². The molecular weight excluding hydrogens is 332 g/mol. The van der Waals surface area contributed by atoms with E-state index < -0.39 is 17.5 Å². The van der Waals surface area contributed by atoms with Gasteiger partial charge in [-0.25, -0.2) is 0 Å². The minimum atomic E-state index is -0.800. The summed E-state index contributed by atoms with van der Waals surface area (Å²) in [5, 5.41) is 0. The van der Waals surface area contributed by atoms with Crippen molar-refractivity contribution in [1.82, 2.24) is 0 Å². The van der Waals surface area contributed by atoms with Crippen LogP contribution in [0.5, 0.6) is 0 Å². The standard InChI is InChI=1S/C21H26O5/c1-11(22)26-18-10-21(3)14-6-7-20(2)13(4-5-19(20)25)12(14)8-16(23)15(21)9-17(18)24/h9,12-14,18H,4-8,10H2,1-3H3/t12-,13-,14-,18-,20-,21+/m0/s1. The van der Waals surface area contributed by atoms with Crippen LogP contribution in [-0.4, -0.2) is 29.4 Å². The molecule has 4 rings (SSSR count). The molecule has 3 fully saturated rings. The van der Waals surface area contributed by atoms with Crippen LogP contribution in [0.25, 0.3) is 0 Å². The number of ketones is 3. The molecule has 0 radical (unpaired) electrons. The molecule has 0 aliphatic heterocycles. The maximum absolute atomic E-state index is 12.9. The molecule has 140 valence electrons. The zero-order valence-corrected chi connectivity index (χ0v) is 15.7. The van der Waals surface area contributed by atoms with Crippen molar-refractivity contribution in [2.24, 2.45) is 28.6 Å². The van der Waals surface area contributed by atoms with Gasteiger partial charge in [0.1, 0.15) is 5.78 Å². The fraction of sp³-hybridized carbons (Fsp3) is 0.714. The van der Waals surface area contributed by atoms with Crippen LogP contribution in [0.1, 0.15) is 59.3 Å². The van der Waals surface area contributed by atoms with Gasteiger partial charge >= 0.3 is 5.97 Å². The highest BCUT2D eigenvalue weighted by Gasteiger charge is 2.61. The molecule has 4 aliphatic rings. The van der Waals surface area contributed by atoms with Gasteiger partial charge in [0.15, 0.2) is 17.7 Å². The van der Waals surface area contributed by atoms with E-state index in [2.05, 4.69) is 13.8 Å². The minimum absolute atomic E-state index is 0.0342. The van der Waals surface area contributed by atoms with E-state index in [1.54, 1.807) is 0 Å². The molecule has 5 heteroatoms. The highest BCUT2D eigenvalue weighted by molar-refractivity contribution is 6.07. The van der Waals surface area contributed by atoms with Crippen molar-refractivity contribution in [2.75, 3.05) is 0 Å². The average Bonchev–Trinajstić information content (AvgIpc) is 2.85. The topological polar surface area (TPSA) is 77.5 Å². The van der Waals surface area contributed by atoms with Gasteiger partial charge < -0.3 is 4.74 Å². The second-order valence-corrected chi connectivity index (χ2v) is 9.10. The molecule has 0 aromatic carbocycles. The zero-order chi connectivity index (χ0) is 18.9. The lowest BCUT2D eigenvalue weighted by Crippen LogP contribution is -2.55. The van der Waals surface area contributed by atoms with Crippen LogP contribution in [0.2, 0.25) is 0 Å². The van der Waals surface area contributed by atoms with Crippen LogP contribution in [-0.2, 0) is 23.9 Å². The summed E-state index contributed by atoms with van der Waals surface area (Å²) in [7, 11) is 0. The van der Waals surface area contributed by atoms with Crippen molar-refractivity contribution in [2.45, 2.75) is 65.4 Å². The Morgan fingerprint density at radius 2 is 1.81 bits per heavy atom. The Hall–Kier alpha value is -1.78. The van der Waals surface area contributed by atoms with Gasteiger partial charge in [0.25, 0.3) is 0 Å². The Kier molecular flexibility index (Phi) is 3.80. The summed E-state index contributed by atoms with van der Waals surface area (Å²) < 4.78 is 5.26. The lowest BCUT2D eigenvalue weighted by atomic mass is 9.47. The lowest BCUT2D eigenvalue weighted by Gasteiger charge is -2.56. The first-order valence-electron chi connectivity index (χ1n) is 9.66. The average molecular weight is 358 g/mol. The third kappa shape index (κ3) is 2.28. The van der Waals surface area contributed by atoms with Crippen LogP contribution in [0, 0.1) is 28.6 Å². The number of carbonyl (C=O) groups excluding carboxylic acids is 4. The van der Waals surface area contributed by atoms with Crippen molar-refractivity contribution in [3.63, 3.8) is 0 Å². The number of fused-ring (bicyclic) bond motifs is 5. The Bertz CT molecular complexity index is 750. The quantitative estimate of drug-likeness (QED) is 0.674. The largest absolute Gasteiger partial charge is 0.454 e. The van der Waals surface area contributed by atoms with Crippen molar-refractivity contribution < 1.29 is 23.9 Å². The number of esters is 1. The molecule has 0 unspecified atom stereocenters. The maximum Gasteiger partial charge on any atom is 0.303 e. The molecule has 0 aromatic heterocycles. The molecule has 0 amide bonds. The normalized spacial score (nSPS) is 44.7. The molecule has 0 bridgehead atoms. The van der Waals surface area contributed by atoms with Gasteiger partial charge in [0.2, 0.25) is 0 Å². The molecule has 26 heavy (non-hydrogen) atoms. The molecule has 3 saturated carbocycles. The molecule has 0 N–H and O–H groups in total. The van der Waals surface area contributed by atoms with Crippen molar-refractivity contribution in [3.05, 3.63) is 11.6 Å². The summed E-state index contributed by atoms with van der Waals surface area (Å²) in [6, 6.07) is 0. The molecular formula is C21H26O5. The number of ether oxygens (including phenoxy) is 1. The van der Waals surface area contributed by atoms with Gasteiger partial charge in [-0.2, -0.15) is 0 Å². The Morgan fingerprint density at radius 1 is 1.12 bits per heavy atom. The minimum Gasteiger partial charge on any atom is -0.454 e. The zero-order valence-electron chi connectivity index (χ0n) is 15.7. The Labute approximate surface area is 153 Å². The highest BCUT2D eigenvalue weighted by atomic mass is 16.5. The highest BCUT2D eigenvalue weighted by Crippen LogP contribution is 2.63. The van der Waals surface area contributed by atoms with E-state index in [1.165, 1.54) is 13.0 Å². The van der Waals surface area contributed by atoms with E-state index in [0.717, 1.165) is 19.3 Å². The van der Waals surface area contributed by atoms with Gasteiger partial charge in [-0.3, -0.25) is 19.2 Å². The monoisotopic (exact) mass is 358 g/mol. The van der Waals surface area contributed by atoms with Crippen molar-refractivity contribution in [3.8, 4) is 0 Å². The first-order valence-corrected chi connectivity index (χ1v) is 9.66. The molecule has 4 aliphatic carbocycles. The van der Waals surface area contributed by atoms with Gasteiger partial charge in [0, 0.05) is 42.6 Å². The summed E-state index contributed by atoms with van der Waals surface area (Å²) in [5.41, 5.74) is -0.139. The fourth-order valence-corrected chi connectivity index (χ4v) is 6.50. The van der Waals surface area contributed by atoms with Gasteiger partial charge in [0.05, 0.1) is 0 Å². The molecule has 0 aromatic rings. The van der Waals surface area contributed by atoms with E-state index in [-0.39, 0.29) is 34.7 Å². The lowest BCUT2D eigenvalue weighted by molar-refractivity contribution is -0.157. The second kappa shape index (κ2) is 5.61. The predicted octanol–water partition coefficient (Wildman–Crippen LogP) is 2.81. The molecule has 6 atom stereocenters. The van der Waals surface area contributed by atoms with E-state index in [4.69, 9.17) is 4.74 Å². The SMILES string of the molecule is CC(=O)O[C@H]1C[C@@]2(C)C(=CC1=O)C(=O)C[C@@H]1[C@@H]2CC[C@]2(C)C(=O)CC[C@@H]12. The third-order valence-corrected chi connectivity index (χ3v) is 7.82. The summed E-state index contributed by atoms with van der Waals surface area (Å²) in [4.78, 5) is 49.1. The summed E-state index contributed by atoms with van der Waals surface area (Å²) >= 11 is 0. The number of allylic oxidation sites excluding steroid dienone is 1. The number of hydrogen-bond donors (Lipinski definition) is 0. The van der Waals surface area contributed by atoms with E-state index in [9.17, 15) is 19.2 Å². The van der Waals surface area contributed by atoms with Crippen LogP contribution in [0.15, 0.2) is 11.6 Å². The molecule has 5 nitrogen and oxygen atoms in total. The van der Waals surface area contributed by atoms with Crippen molar-refractivity contribution >= 4 is 23.3 Å². The number of hydrogen-bond acceptors (Lipinski definition) is 5. The molecule has 0 spiro atoms. The second-order valence-electron chi connectivity index (χ2n) is 9.10. The number of Topliss-reactive ketones (excluding diaryl/α,β-unsaturated/α-hetero) is 2. The van der Waals surface area contributed by atoms with Gasteiger partial charge in [-0.15, -0.1) is 0 Å². The number of carbonyl (C=O) groups is 4. The van der Waals surface area contributed by atoms with Crippen LogP contribution < -0.4 is 0 Å². The smallest absolute Gasteiger partial charge is 0.303 e. The first kappa shape index (κ1) is 17.6. The van der Waals surface area contributed by atoms with Crippen LogP contribution in [0.4, 0.5) is 0 Å². The predicted molar refractivity (Wildman–Crippen MR) is 93.0 cm³/mol. The van der Waals surface area contributed by atoms with Crippen LogP contribution in [0.3, 0.4) is 0 Å². The summed E-state index contributed by atoms with van der Waals surface area (Å²) in [6.07, 6.45) is 4.66. The Morgan fingerprint density at radius 3 is 2.50 bits per heavy atom. The first-order chi connectivity index (χ1) is 12.2.